The van der Waals surface area contributed by atoms with Crippen LogP contribution < -0.4 is 20.1 Å². The second kappa shape index (κ2) is 6.00. The summed E-state index contributed by atoms with van der Waals surface area (Å²) < 4.78 is 10.7. The first-order chi connectivity index (χ1) is 11.1. The Balaban J connectivity index is 1.88. The number of anilines is 2. The Morgan fingerprint density at radius 3 is 2.83 bits per heavy atom. The van der Waals surface area contributed by atoms with Gasteiger partial charge in [0.05, 0.1) is 18.4 Å². The van der Waals surface area contributed by atoms with Crippen LogP contribution in [0.2, 0.25) is 0 Å². The summed E-state index contributed by atoms with van der Waals surface area (Å²) in [5.41, 5.74) is 1.46. The summed E-state index contributed by atoms with van der Waals surface area (Å²) in [7, 11) is 1.56. The highest BCUT2D eigenvalue weighted by molar-refractivity contribution is 6.09. The molecule has 23 heavy (non-hydrogen) atoms. The number of carbonyl (C=O) groups excluding carboxylic acids is 2. The number of fused-ring (bicyclic) bond motifs is 1. The van der Waals surface area contributed by atoms with Gasteiger partial charge in [-0.2, -0.15) is 0 Å². The molecule has 0 bridgehead atoms. The van der Waals surface area contributed by atoms with Gasteiger partial charge in [-0.1, -0.05) is 12.1 Å². The molecule has 1 heterocycles. The first-order valence-electron chi connectivity index (χ1n) is 7.14. The fourth-order valence-corrected chi connectivity index (χ4v) is 2.31. The van der Waals surface area contributed by atoms with E-state index in [0.717, 1.165) is 0 Å². The first-order valence-corrected chi connectivity index (χ1v) is 7.14. The van der Waals surface area contributed by atoms with E-state index in [2.05, 4.69) is 10.6 Å². The average molecular weight is 312 g/mol. The predicted molar refractivity (Wildman–Crippen MR) is 86.1 cm³/mol. The smallest absolute Gasteiger partial charge is 0.265 e. The number of ether oxygens (including phenoxy) is 2. The Hall–Kier alpha value is -3.02. The summed E-state index contributed by atoms with van der Waals surface area (Å²) in [6.45, 7) is 1.63. The molecular weight excluding hydrogens is 296 g/mol. The third kappa shape index (κ3) is 2.96. The van der Waals surface area contributed by atoms with Crippen molar-refractivity contribution in [2.75, 3.05) is 17.7 Å². The number of rotatable bonds is 3. The minimum atomic E-state index is -0.645. The predicted octanol–water partition coefficient (Wildman–Crippen LogP) is 2.67. The molecule has 6 nitrogen and oxygen atoms in total. The Kier molecular flexibility index (Phi) is 3.89. The number of nitrogens with one attached hydrogen (secondary N) is 2. The molecule has 0 saturated carbocycles. The zero-order valence-electron chi connectivity index (χ0n) is 12.8. The minimum Gasteiger partial charge on any atom is -0.497 e. The summed E-state index contributed by atoms with van der Waals surface area (Å²) in [4.78, 5) is 24.2. The van der Waals surface area contributed by atoms with E-state index in [1.807, 2.05) is 0 Å². The lowest BCUT2D eigenvalue weighted by atomic mass is 10.1. The van der Waals surface area contributed by atoms with Crippen LogP contribution in [0.25, 0.3) is 0 Å². The van der Waals surface area contributed by atoms with Gasteiger partial charge in [0.2, 0.25) is 0 Å². The van der Waals surface area contributed by atoms with Gasteiger partial charge < -0.3 is 20.1 Å². The highest BCUT2D eigenvalue weighted by Crippen LogP contribution is 2.33. The van der Waals surface area contributed by atoms with Crippen LogP contribution >= 0.6 is 0 Å². The number of hydrogen-bond acceptors (Lipinski definition) is 4. The van der Waals surface area contributed by atoms with E-state index < -0.39 is 6.10 Å². The number of hydrogen-bond donors (Lipinski definition) is 2. The van der Waals surface area contributed by atoms with E-state index in [-0.39, 0.29) is 11.8 Å². The van der Waals surface area contributed by atoms with Crippen LogP contribution in [0, 0.1) is 0 Å². The molecule has 1 aliphatic heterocycles. The highest BCUT2D eigenvalue weighted by Gasteiger charge is 2.27. The molecule has 0 aliphatic carbocycles. The average Bonchev–Trinajstić information content (AvgIpc) is 2.55. The topological polar surface area (TPSA) is 76.7 Å². The van der Waals surface area contributed by atoms with E-state index in [4.69, 9.17) is 9.47 Å². The Bertz CT molecular complexity index is 773. The lowest BCUT2D eigenvalue weighted by molar-refractivity contribution is -0.122. The van der Waals surface area contributed by atoms with Crippen molar-refractivity contribution in [3.05, 3.63) is 48.0 Å². The normalized spacial score (nSPS) is 15.9. The summed E-state index contributed by atoms with van der Waals surface area (Å²) in [6.07, 6.45) is -0.645. The third-order valence-electron chi connectivity index (χ3n) is 3.51. The summed E-state index contributed by atoms with van der Waals surface area (Å²) in [6, 6.07) is 12.1. The molecule has 6 heteroatoms. The molecule has 0 spiro atoms. The second-order valence-electron chi connectivity index (χ2n) is 5.12. The van der Waals surface area contributed by atoms with E-state index in [0.29, 0.717) is 28.4 Å². The van der Waals surface area contributed by atoms with Gasteiger partial charge in [-0.3, -0.25) is 9.59 Å². The molecule has 2 aromatic carbocycles. The maximum atomic E-state index is 12.5. The zero-order valence-corrected chi connectivity index (χ0v) is 12.8. The molecule has 118 valence electrons. The van der Waals surface area contributed by atoms with Gasteiger partial charge in [0.25, 0.3) is 11.8 Å². The van der Waals surface area contributed by atoms with E-state index >= 15 is 0 Å². The molecule has 0 aromatic heterocycles. The summed E-state index contributed by atoms with van der Waals surface area (Å²) in [5.74, 6) is 0.469. The molecule has 2 aromatic rings. The Labute approximate surface area is 133 Å². The van der Waals surface area contributed by atoms with Crippen molar-refractivity contribution in [2.45, 2.75) is 13.0 Å². The fraction of sp³-hybridized carbons (Fsp3) is 0.176. The quantitative estimate of drug-likeness (QED) is 0.913. The molecule has 3 rings (SSSR count). The lowest BCUT2D eigenvalue weighted by Crippen LogP contribution is -2.35. The van der Waals surface area contributed by atoms with E-state index in [1.165, 1.54) is 0 Å². The van der Waals surface area contributed by atoms with E-state index in [1.54, 1.807) is 56.5 Å². The zero-order chi connectivity index (χ0) is 16.4. The molecule has 1 aliphatic rings. The molecular formula is C17H16N2O4. The molecule has 2 amide bonds. The van der Waals surface area contributed by atoms with Gasteiger partial charge in [-0.25, -0.2) is 0 Å². The monoisotopic (exact) mass is 312 g/mol. The number of para-hydroxylation sites is 1. The van der Waals surface area contributed by atoms with Crippen LogP contribution in [0.5, 0.6) is 11.5 Å². The minimum absolute atomic E-state index is 0.233. The van der Waals surface area contributed by atoms with Crippen molar-refractivity contribution in [3.8, 4) is 11.5 Å². The van der Waals surface area contributed by atoms with Crippen LogP contribution in [0.15, 0.2) is 42.5 Å². The van der Waals surface area contributed by atoms with Crippen LogP contribution in [-0.4, -0.2) is 25.0 Å². The number of carbonyl (C=O) groups is 2. The second-order valence-corrected chi connectivity index (χ2v) is 5.12. The van der Waals surface area contributed by atoms with Crippen LogP contribution in [0.3, 0.4) is 0 Å². The van der Waals surface area contributed by atoms with Gasteiger partial charge in [0.1, 0.15) is 5.75 Å². The molecule has 0 saturated heterocycles. The Morgan fingerprint density at radius 2 is 2.04 bits per heavy atom. The van der Waals surface area contributed by atoms with Crippen LogP contribution in [-0.2, 0) is 4.79 Å². The van der Waals surface area contributed by atoms with Gasteiger partial charge >= 0.3 is 0 Å². The maximum Gasteiger partial charge on any atom is 0.265 e. The number of methoxy groups -OCH3 is 1. The Morgan fingerprint density at radius 1 is 1.26 bits per heavy atom. The molecule has 0 radical (unpaired) electrons. The highest BCUT2D eigenvalue weighted by atomic mass is 16.5. The summed E-state index contributed by atoms with van der Waals surface area (Å²) in [5, 5.41) is 5.52. The van der Waals surface area contributed by atoms with Crippen molar-refractivity contribution in [1.29, 1.82) is 0 Å². The summed E-state index contributed by atoms with van der Waals surface area (Å²) >= 11 is 0. The van der Waals surface area contributed by atoms with Crippen molar-refractivity contribution in [2.24, 2.45) is 0 Å². The van der Waals surface area contributed by atoms with Crippen LogP contribution in [0.4, 0.5) is 11.4 Å². The first kappa shape index (κ1) is 14.9. The van der Waals surface area contributed by atoms with Crippen molar-refractivity contribution < 1.29 is 19.1 Å². The fourth-order valence-electron chi connectivity index (χ4n) is 2.31. The van der Waals surface area contributed by atoms with Gasteiger partial charge in [0.15, 0.2) is 11.9 Å². The third-order valence-corrected chi connectivity index (χ3v) is 3.51. The van der Waals surface area contributed by atoms with Crippen molar-refractivity contribution in [1.82, 2.24) is 0 Å². The van der Waals surface area contributed by atoms with Crippen molar-refractivity contribution in [3.63, 3.8) is 0 Å². The van der Waals surface area contributed by atoms with Crippen LogP contribution in [0.1, 0.15) is 17.3 Å². The largest absolute Gasteiger partial charge is 0.497 e. The number of benzene rings is 2. The molecule has 1 atom stereocenters. The van der Waals surface area contributed by atoms with Gasteiger partial charge in [-0.15, -0.1) is 0 Å². The molecule has 2 N–H and O–H groups in total. The standard InChI is InChI=1S/C17H16N2O4/c1-10-16(20)19-14-8-4-7-13(15(14)23-10)17(21)18-11-5-3-6-12(9-11)22-2/h3-10H,1-2H3,(H,18,21)(H,19,20). The lowest BCUT2D eigenvalue weighted by Gasteiger charge is -2.25. The van der Waals surface area contributed by atoms with Gasteiger partial charge in [0, 0.05) is 11.8 Å². The van der Waals surface area contributed by atoms with Gasteiger partial charge in [-0.05, 0) is 31.2 Å². The van der Waals surface area contributed by atoms with Crippen molar-refractivity contribution >= 4 is 23.2 Å². The SMILES string of the molecule is COc1cccc(NC(=O)c2cccc3c2OC(C)C(=O)N3)c1. The van der Waals surface area contributed by atoms with E-state index in [9.17, 15) is 9.59 Å². The number of amides is 2. The molecule has 1 unspecified atom stereocenters. The molecule has 0 fully saturated rings. The maximum absolute atomic E-state index is 12.5.